The fraction of sp³-hybridized carbons (Fsp3) is 0.222. The van der Waals surface area contributed by atoms with Gasteiger partial charge in [0.15, 0.2) is 0 Å². The third-order valence-corrected chi connectivity index (χ3v) is 4.88. The Hall–Kier alpha value is -2.04. The first-order chi connectivity index (χ1) is 11.4. The summed E-state index contributed by atoms with van der Waals surface area (Å²) in [6, 6.07) is 13.9. The molecule has 124 valence electrons. The summed E-state index contributed by atoms with van der Waals surface area (Å²) in [5.41, 5.74) is 0.330. The van der Waals surface area contributed by atoms with Crippen molar-refractivity contribution in [2.75, 3.05) is 11.9 Å². The summed E-state index contributed by atoms with van der Waals surface area (Å²) in [4.78, 5) is 26.7. The second-order valence-electron chi connectivity index (χ2n) is 5.86. The quantitative estimate of drug-likeness (QED) is 0.895. The topological polar surface area (TPSA) is 49.4 Å². The molecule has 1 saturated carbocycles. The van der Waals surface area contributed by atoms with Gasteiger partial charge < -0.3 is 10.2 Å². The molecule has 2 aromatic rings. The van der Waals surface area contributed by atoms with Crippen molar-refractivity contribution in [1.82, 2.24) is 5.32 Å². The number of rotatable bonds is 4. The number of hydrogen-bond donors (Lipinski definition) is 1. The minimum absolute atomic E-state index is 0.162. The first kappa shape index (κ1) is 16.8. The largest absolute Gasteiger partial charge is 0.338 e. The van der Waals surface area contributed by atoms with Crippen LogP contribution in [-0.2, 0) is 4.79 Å². The van der Waals surface area contributed by atoms with E-state index in [4.69, 9.17) is 23.2 Å². The molecule has 0 aromatic heterocycles. The Morgan fingerprint density at radius 3 is 2.29 bits per heavy atom. The number of amides is 2. The average Bonchev–Trinajstić information content (AvgIpc) is 3.37. The van der Waals surface area contributed by atoms with Crippen LogP contribution in [0.15, 0.2) is 48.5 Å². The lowest BCUT2D eigenvalue weighted by atomic mass is 10.1. The van der Waals surface area contributed by atoms with Gasteiger partial charge >= 0.3 is 0 Å². The second kappa shape index (κ2) is 6.46. The van der Waals surface area contributed by atoms with Gasteiger partial charge in [0.25, 0.3) is 11.8 Å². The molecular weight excluding hydrogens is 347 g/mol. The molecule has 1 fully saturated rings. The number of carbonyl (C=O) groups excluding carboxylic acids is 2. The molecule has 1 aliphatic rings. The van der Waals surface area contributed by atoms with Crippen LogP contribution in [-0.4, -0.2) is 24.4 Å². The molecule has 1 aliphatic carbocycles. The zero-order chi connectivity index (χ0) is 17.3. The minimum Gasteiger partial charge on any atom is -0.338 e. The van der Waals surface area contributed by atoms with Crippen LogP contribution in [0.5, 0.6) is 0 Å². The van der Waals surface area contributed by atoms with Crippen LogP contribution in [0.4, 0.5) is 5.69 Å². The van der Waals surface area contributed by atoms with Gasteiger partial charge in [-0.2, -0.15) is 0 Å². The normalized spacial score (nSPS) is 14.8. The van der Waals surface area contributed by atoms with Gasteiger partial charge in [0.05, 0.1) is 10.0 Å². The Kier molecular flexibility index (Phi) is 4.52. The molecule has 0 heterocycles. The number of hydrogen-bond acceptors (Lipinski definition) is 2. The second-order valence-corrected chi connectivity index (χ2v) is 6.68. The first-order valence-corrected chi connectivity index (χ1v) is 8.29. The molecule has 0 saturated heterocycles. The molecular formula is C18H16Cl2N2O2. The molecule has 0 radical (unpaired) electrons. The van der Waals surface area contributed by atoms with Crippen molar-refractivity contribution in [1.29, 1.82) is 0 Å². The van der Waals surface area contributed by atoms with Gasteiger partial charge in [0.1, 0.15) is 5.54 Å². The monoisotopic (exact) mass is 362 g/mol. The van der Waals surface area contributed by atoms with E-state index in [1.54, 1.807) is 49.5 Å². The van der Waals surface area contributed by atoms with Crippen molar-refractivity contribution in [3.63, 3.8) is 0 Å². The number of nitrogens with zero attached hydrogens (tertiary/aromatic N) is 1. The van der Waals surface area contributed by atoms with Crippen LogP contribution < -0.4 is 10.2 Å². The number of anilines is 1. The van der Waals surface area contributed by atoms with Crippen molar-refractivity contribution in [2.24, 2.45) is 0 Å². The molecule has 0 bridgehead atoms. The summed E-state index contributed by atoms with van der Waals surface area (Å²) < 4.78 is 0. The van der Waals surface area contributed by atoms with E-state index >= 15 is 0 Å². The lowest BCUT2D eigenvalue weighted by molar-refractivity contribution is -0.121. The van der Waals surface area contributed by atoms with E-state index in [9.17, 15) is 9.59 Å². The van der Waals surface area contributed by atoms with Crippen molar-refractivity contribution in [3.8, 4) is 0 Å². The lowest BCUT2D eigenvalue weighted by Crippen LogP contribution is -2.49. The molecule has 0 atom stereocenters. The molecule has 2 aromatic carbocycles. The van der Waals surface area contributed by atoms with Gasteiger partial charge in [-0.1, -0.05) is 41.4 Å². The Balaban J connectivity index is 1.76. The minimum atomic E-state index is -0.839. The van der Waals surface area contributed by atoms with Crippen LogP contribution in [0.25, 0.3) is 0 Å². The Bertz CT molecular complexity index is 789. The van der Waals surface area contributed by atoms with Gasteiger partial charge in [-0.3, -0.25) is 9.59 Å². The number of likely N-dealkylation sites (N-methyl/N-ethyl adjacent to an activating group) is 1. The van der Waals surface area contributed by atoms with Crippen LogP contribution in [0.2, 0.25) is 10.0 Å². The first-order valence-electron chi connectivity index (χ1n) is 7.54. The maximum Gasteiger partial charge on any atom is 0.252 e. The van der Waals surface area contributed by atoms with E-state index < -0.39 is 5.54 Å². The van der Waals surface area contributed by atoms with Gasteiger partial charge in [0, 0.05) is 18.3 Å². The Labute approximate surface area is 150 Å². The highest BCUT2D eigenvalue weighted by Gasteiger charge is 2.52. The summed E-state index contributed by atoms with van der Waals surface area (Å²) in [6.07, 6.45) is 1.24. The number of benzene rings is 2. The number of carbonyl (C=O) groups is 2. The molecule has 6 heteroatoms. The SMILES string of the molecule is CN(C(=O)C1(NC(=O)c2ccccc2)CC1)c1ccc(Cl)c(Cl)c1. The average molecular weight is 363 g/mol. The van der Waals surface area contributed by atoms with Crippen molar-refractivity contribution >= 4 is 40.7 Å². The molecule has 0 aliphatic heterocycles. The van der Waals surface area contributed by atoms with Crippen molar-refractivity contribution in [2.45, 2.75) is 18.4 Å². The Morgan fingerprint density at radius 2 is 1.71 bits per heavy atom. The zero-order valence-corrected chi connectivity index (χ0v) is 14.6. The third-order valence-electron chi connectivity index (χ3n) is 4.14. The van der Waals surface area contributed by atoms with E-state index in [2.05, 4.69) is 5.32 Å². The van der Waals surface area contributed by atoms with Crippen LogP contribution in [0, 0.1) is 0 Å². The zero-order valence-electron chi connectivity index (χ0n) is 13.1. The fourth-order valence-electron chi connectivity index (χ4n) is 2.53. The smallest absolute Gasteiger partial charge is 0.252 e. The van der Waals surface area contributed by atoms with E-state index in [0.717, 1.165) is 0 Å². The highest BCUT2D eigenvalue weighted by Crippen LogP contribution is 2.39. The lowest BCUT2D eigenvalue weighted by Gasteiger charge is -2.24. The summed E-state index contributed by atoms with van der Waals surface area (Å²) >= 11 is 11.9. The van der Waals surface area contributed by atoms with Gasteiger partial charge in [0.2, 0.25) is 0 Å². The molecule has 1 N–H and O–H groups in total. The van der Waals surface area contributed by atoms with Gasteiger partial charge in [-0.05, 0) is 43.2 Å². The maximum atomic E-state index is 12.8. The summed E-state index contributed by atoms with van der Waals surface area (Å²) in [5.74, 6) is -0.408. The van der Waals surface area contributed by atoms with Crippen LogP contribution >= 0.6 is 23.2 Å². The highest BCUT2D eigenvalue weighted by molar-refractivity contribution is 6.42. The molecule has 4 nitrogen and oxygen atoms in total. The number of nitrogens with one attached hydrogen (secondary N) is 1. The molecule has 0 unspecified atom stereocenters. The summed E-state index contributed by atoms with van der Waals surface area (Å²) in [6.45, 7) is 0. The third kappa shape index (κ3) is 3.25. The molecule has 24 heavy (non-hydrogen) atoms. The number of halogens is 2. The van der Waals surface area contributed by atoms with Gasteiger partial charge in [-0.25, -0.2) is 0 Å². The Morgan fingerprint density at radius 1 is 1.04 bits per heavy atom. The predicted molar refractivity (Wildman–Crippen MR) is 95.7 cm³/mol. The van der Waals surface area contributed by atoms with Crippen molar-refractivity contribution < 1.29 is 9.59 Å². The summed E-state index contributed by atoms with van der Waals surface area (Å²) in [5, 5.41) is 3.68. The molecule has 0 spiro atoms. The van der Waals surface area contributed by atoms with Crippen LogP contribution in [0.1, 0.15) is 23.2 Å². The highest BCUT2D eigenvalue weighted by atomic mass is 35.5. The van der Waals surface area contributed by atoms with E-state index in [1.165, 1.54) is 4.90 Å². The molecule has 2 amide bonds. The fourth-order valence-corrected chi connectivity index (χ4v) is 2.82. The van der Waals surface area contributed by atoms with E-state index in [0.29, 0.717) is 34.1 Å². The van der Waals surface area contributed by atoms with E-state index in [-0.39, 0.29) is 11.8 Å². The standard InChI is InChI=1S/C18H16Cl2N2O2/c1-22(13-7-8-14(19)15(20)11-13)17(24)18(9-10-18)21-16(23)12-5-3-2-4-6-12/h2-8,11H,9-10H2,1H3,(H,21,23). The van der Waals surface area contributed by atoms with E-state index in [1.807, 2.05) is 6.07 Å². The summed E-state index contributed by atoms with van der Waals surface area (Å²) in [7, 11) is 1.66. The predicted octanol–water partition coefficient (Wildman–Crippen LogP) is 3.92. The van der Waals surface area contributed by atoms with Crippen molar-refractivity contribution in [3.05, 3.63) is 64.1 Å². The van der Waals surface area contributed by atoms with Crippen LogP contribution in [0.3, 0.4) is 0 Å². The maximum absolute atomic E-state index is 12.8. The van der Waals surface area contributed by atoms with Gasteiger partial charge in [-0.15, -0.1) is 0 Å². The molecule has 3 rings (SSSR count).